The number of phosphoric ester groups is 1. The third kappa shape index (κ3) is 52.1. The highest BCUT2D eigenvalue weighted by Crippen LogP contribution is 2.49. The molecule has 0 radical (unpaired) electrons. The van der Waals surface area contributed by atoms with Gasteiger partial charge in [0.2, 0.25) is 0 Å². The van der Waals surface area contributed by atoms with Gasteiger partial charge in [-0.05, 0) is 31.6 Å². The Hall–Kier alpha value is -2.53. The molecule has 25 nitrogen and oxygen atoms in total. The van der Waals surface area contributed by atoms with E-state index in [1.54, 1.807) is 0 Å². The van der Waals surface area contributed by atoms with Crippen LogP contribution in [0.15, 0.2) is 0 Å². The molecule has 0 spiro atoms. The fourth-order valence-corrected chi connectivity index (χ4v) is 17.6. The molecule has 3 fully saturated rings. The van der Waals surface area contributed by atoms with Crippen LogP contribution in [0.5, 0.6) is 0 Å². The lowest BCUT2D eigenvalue weighted by atomic mass is 9.84. The van der Waals surface area contributed by atoms with Crippen LogP contribution in [0.4, 0.5) is 0 Å². The maximum absolute atomic E-state index is 14.9. The van der Waals surface area contributed by atoms with Crippen LogP contribution in [0.25, 0.3) is 0 Å². The van der Waals surface area contributed by atoms with E-state index in [9.17, 15) is 74.6 Å². The Morgan fingerprint density at radius 2 is 0.625 bits per heavy atom. The number of carbonyl (C=O) groups excluding carboxylic acids is 4. The van der Waals surface area contributed by atoms with Crippen LogP contribution in [0, 0.1) is 5.92 Å². The second-order valence-electron chi connectivity index (χ2n) is 35.6. The zero-order valence-electron chi connectivity index (χ0n) is 75.8. The summed E-state index contributed by atoms with van der Waals surface area (Å²) in [5, 5.41) is 103. The number of hydrogen-bond acceptors (Lipinski definition) is 24. The van der Waals surface area contributed by atoms with Crippen LogP contribution in [-0.2, 0) is 70.7 Å². The lowest BCUT2D eigenvalue weighted by Crippen LogP contribution is -2.70. The van der Waals surface area contributed by atoms with Gasteiger partial charge in [-0.15, -0.1) is 0 Å². The van der Waals surface area contributed by atoms with Crippen LogP contribution < -0.4 is 0 Å². The molecule has 19 unspecified atom stereocenters. The van der Waals surface area contributed by atoms with Gasteiger partial charge in [-0.25, -0.2) is 4.57 Å². The standard InChI is InChI=1S/C94H177O25P/c1-6-10-14-18-22-25-28-31-33-35-38-40-43-46-53-59-65-77(96)110-70-74(113-79(98)67-61-55-48-45-42-37-30-27-24-20-16-12-8-3)71-112-120(108,109)119-92-90(117-93-87(106)83(102)81(100)75(69-95)114-93)86(105)85(104)89(116-80(99)68-62-56-50-49-52-58-64-73(5)63-57-51-21-17-13-9-4)91(92)118-94-88(107)84(103)82(101)76(115-94)72-111-78(97)66-60-54-47-44-41-39-36-34-32-29-26-23-19-15-11-7-2/h73-76,81-95,100-107H,6-72H2,1-5H3,(H,108,109). The van der Waals surface area contributed by atoms with Gasteiger partial charge in [-0.1, -0.05) is 388 Å². The van der Waals surface area contributed by atoms with Crippen molar-refractivity contribution in [2.45, 2.75) is 543 Å². The van der Waals surface area contributed by atoms with Crippen LogP contribution in [0.1, 0.15) is 439 Å². The zero-order chi connectivity index (χ0) is 87.6. The van der Waals surface area contributed by atoms with E-state index in [2.05, 4.69) is 34.6 Å². The molecule has 0 aromatic rings. The summed E-state index contributed by atoms with van der Waals surface area (Å²) in [7, 11) is -5.81. The van der Waals surface area contributed by atoms with Crippen LogP contribution >= 0.6 is 7.82 Å². The highest BCUT2D eigenvalue weighted by molar-refractivity contribution is 7.47. The minimum absolute atomic E-state index is 0.0199. The van der Waals surface area contributed by atoms with Crippen molar-refractivity contribution in [3.8, 4) is 0 Å². The smallest absolute Gasteiger partial charge is 0.463 e. The minimum Gasteiger partial charge on any atom is -0.463 e. The zero-order valence-corrected chi connectivity index (χ0v) is 76.7. The molecular formula is C94H177O25P. The molecular weight excluding hydrogens is 1560 g/mol. The molecule has 19 atom stereocenters. The fourth-order valence-electron chi connectivity index (χ4n) is 16.6. The van der Waals surface area contributed by atoms with E-state index in [4.69, 9.17) is 46.9 Å². The van der Waals surface area contributed by atoms with E-state index in [0.29, 0.717) is 38.0 Å². The van der Waals surface area contributed by atoms with Crippen LogP contribution in [0.3, 0.4) is 0 Å². The van der Waals surface area contributed by atoms with E-state index < -0.39 is 162 Å². The number of unbranched alkanes of at least 4 members (excludes halogenated alkanes) is 52. The quantitative estimate of drug-likeness (QED) is 0.0117. The van der Waals surface area contributed by atoms with Crippen molar-refractivity contribution in [2.24, 2.45) is 5.92 Å². The number of aliphatic hydroxyl groups excluding tert-OH is 9. The SMILES string of the molecule is CCCCCCCCCCCCCCCCCCC(=O)OCC(COP(=O)(O)OC1C(OC2OC(CO)C(O)C(O)C2O)C(O)C(O)C(OC(=O)CCCCCCCCC(C)CCCCCCCC)C1OC1OC(COC(=O)CCCCCCCCCCCCCCCCCC)C(O)C(O)C1O)OC(=O)CCCCCCCCCCCCCCC. The molecule has 2 saturated heterocycles. The average molecular weight is 1740 g/mol. The van der Waals surface area contributed by atoms with E-state index in [1.807, 2.05) is 0 Å². The minimum atomic E-state index is -5.81. The van der Waals surface area contributed by atoms with Crippen molar-refractivity contribution in [1.82, 2.24) is 0 Å². The molecule has 3 rings (SSSR count). The number of esters is 4. The van der Waals surface area contributed by atoms with Crippen molar-refractivity contribution >= 4 is 31.7 Å². The highest BCUT2D eigenvalue weighted by atomic mass is 31.2. The average Bonchev–Trinajstić information content (AvgIpc) is 0.754. The maximum atomic E-state index is 14.9. The third-order valence-electron chi connectivity index (χ3n) is 24.5. The lowest BCUT2D eigenvalue weighted by molar-refractivity contribution is -0.360. The molecule has 0 amide bonds. The Labute approximate surface area is 725 Å². The van der Waals surface area contributed by atoms with Crippen molar-refractivity contribution < 1.29 is 122 Å². The number of carbonyl (C=O) groups is 4. The summed E-state index contributed by atoms with van der Waals surface area (Å²) < 4.78 is 73.6. The number of ether oxygens (including phenoxy) is 8. The fraction of sp³-hybridized carbons (Fsp3) is 0.957. The van der Waals surface area contributed by atoms with Gasteiger partial charge in [-0.3, -0.25) is 28.2 Å². The monoisotopic (exact) mass is 1740 g/mol. The van der Waals surface area contributed by atoms with Gasteiger partial charge in [0.1, 0.15) is 92.6 Å². The lowest BCUT2D eigenvalue weighted by Gasteiger charge is -2.50. The molecule has 1 saturated carbocycles. The summed E-state index contributed by atoms with van der Waals surface area (Å²) in [5.41, 5.74) is 0. The van der Waals surface area contributed by atoms with E-state index in [-0.39, 0.29) is 25.7 Å². The van der Waals surface area contributed by atoms with Crippen LogP contribution in [-0.4, -0.2) is 205 Å². The summed E-state index contributed by atoms with van der Waals surface area (Å²) in [6.45, 7) is 7.95. The first-order chi connectivity index (χ1) is 58.1. The third-order valence-corrected chi connectivity index (χ3v) is 25.5. The van der Waals surface area contributed by atoms with Gasteiger partial charge in [0.05, 0.1) is 13.2 Å². The number of aliphatic hydroxyl groups is 9. The van der Waals surface area contributed by atoms with Gasteiger partial charge in [-0.2, -0.15) is 0 Å². The molecule has 0 aromatic carbocycles. The Morgan fingerprint density at radius 3 is 0.992 bits per heavy atom. The second-order valence-corrected chi connectivity index (χ2v) is 37.0. The molecule has 708 valence electrons. The summed E-state index contributed by atoms with van der Waals surface area (Å²) in [5.74, 6) is -2.31. The molecule has 26 heteroatoms. The molecule has 3 aliphatic rings. The summed E-state index contributed by atoms with van der Waals surface area (Å²) >= 11 is 0. The normalized spacial score (nSPS) is 24.9. The second kappa shape index (κ2) is 72.4. The van der Waals surface area contributed by atoms with Crippen molar-refractivity contribution in [3.05, 3.63) is 0 Å². The highest BCUT2D eigenvalue weighted by Gasteiger charge is 2.60. The van der Waals surface area contributed by atoms with Gasteiger partial charge < -0.3 is 88.7 Å². The Kier molecular flexibility index (Phi) is 67.3. The largest absolute Gasteiger partial charge is 0.472 e. The van der Waals surface area contributed by atoms with E-state index >= 15 is 0 Å². The molecule has 0 bridgehead atoms. The predicted octanol–water partition coefficient (Wildman–Crippen LogP) is 18.8. The van der Waals surface area contributed by atoms with Crippen LogP contribution in [0.2, 0.25) is 0 Å². The molecule has 120 heavy (non-hydrogen) atoms. The first-order valence-electron chi connectivity index (χ1n) is 49.2. The maximum Gasteiger partial charge on any atom is 0.472 e. The van der Waals surface area contributed by atoms with Crippen molar-refractivity contribution in [3.63, 3.8) is 0 Å². The number of rotatable bonds is 80. The van der Waals surface area contributed by atoms with E-state index in [1.165, 1.54) is 218 Å². The Bertz CT molecular complexity index is 2500. The van der Waals surface area contributed by atoms with Gasteiger partial charge in [0, 0.05) is 25.7 Å². The molecule has 2 aliphatic heterocycles. The van der Waals surface area contributed by atoms with Crippen molar-refractivity contribution in [1.29, 1.82) is 0 Å². The first kappa shape index (κ1) is 112. The van der Waals surface area contributed by atoms with Gasteiger partial charge in [0.15, 0.2) is 24.8 Å². The van der Waals surface area contributed by atoms with Crippen molar-refractivity contribution in [2.75, 3.05) is 26.4 Å². The first-order valence-corrected chi connectivity index (χ1v) is 50.7. The molecule has 2 heterocycles. The molecule has 1 aliphatic carbocycles. The number of hydrogen-bond donors (Lipinski definition) is 10. The molecule has 10 N–H and O–H groups in total. The number of phosphoric acid groups is 1. The van der Waals surface area contributed by atoms with Gasteiger partial charge in [0.25, 0.3) is 0 Å². The summed E-state index contributed by atoms with van der Waals surface area (Å²) in [4.78, 5) is 66.6. The van der Waals surface area contributed by atoms with Gasteiger partial charge >= 0.3 is 31.7 Å². The topological polar surface area (TPSA) is 380 Å². The Balaban J connectivity index is 1.90. The summed E-state index contributed by atoms with van der Waals surface area (Å²) in [6, 6.07) is 0. The Morgan fingerprint density at radius 1 is 0.325 bits per heavy atom. The summed E-state index contributed by atoms with van der Waals surface area (Å²) in [6.07, 6.45) is 29.4. The predicted molar refractivity (Wildman–Crippen MR) is 467 cm³/mol. The van der Waals surface area contributed by atoms with E-state index in [0.717, 1.165) is 128 Å². The molecule has 0 aromatic heterocycles.